The van der Waals surface area contributed by atoms with Gasteiger partial charge in [0.15, 0.2) is 9.84 Å². The van der Waals surface area contributed by atoms with E-state index >= 15 is 0 Å². The van der Waals surface area contributed by atoms with Gasteiger partial charge in [-0.2, -0.15) is 0 Å². The van der Waals surface area contributed by atoms with Crippen LogP contribution in [0.15, 0.2) is 33.8 Å². The number of aromatic nitrogens is 1. The van der Waals surface area contributed by atoms with Gasteiger partial charge in [-0.05, 0) is 51.7 Å². The Bertz CT molecular complexity index is 964. The number of thiazole rings is 1. The molecule has 9 heteroatoms. The van der Waals surface area contributed by atoms with Crippen LogP contribution in [0.1, 0.15) is 50.5 Å². The van der Waals surface area contributed by atoms with Crippen LogP contribution in [0.5, 0.6) is 0 Å². The van der Waals surface area contributed by atoms with E-state index in [1.165, 1.54) is 11.3 Å². The predicted molar refractivity (Wildman–Crippen MR) is 113 cm³/mol. The standard InChI is InChI=1S/C19H23BrN2O4S2/c1-11(2)28(24,25)17-9-13(20)5-8-15(17)16-10-22-18(27-16)12-3-6-14(7-4-12)26-19(21)23/h5,8-12,14H,3-4,6-7H2,1-2H3,(H2,21,23). The van der Waals surface area contributed by atoms with Gasteiger partial charge in [-0.25, -0.2) is 18.2 Å². The highest BCUT2D eigenvalue weighted by Gasteiger charge is 2.28. The third-order valence-corrected chi connectivity index (χ3v) is 8.84. The topological polar surface area (TPSA) is 99.3 Å². The second-order valence-electron chi connectivity index (χ2n) is 7.21. The minimum Gasteiger partial charge on any atom is -0.446 e. The maximum absolute atomic E-state index is 12.8. The van der Waals surface area contributed by atoms with Crippen LogP contribution in [0.2, 0.25) is 0 Å². The van der Waals surface area contributed by atoms with Crippen molar-refractivity contribution in [1.29, 1.82) is 0 Å². The molecule has 0 unspecified atom stereocenters. The first kappa shape index (κ1) is 21.3. The molecule has 2 aromatic rings. The van der Waals surface area contributed by atoms with Gasteiger partial charge in [0.1, 0.15) is 6.10 Å². The molecule has 1 saturated carbocycles. The van der Waals surface area contributed by atoms with E-state index in [1.807, 2.05) is 12.1 Å². The summed E-state index contributed by atoms with van der Waals surface area (Å²) >= 11 is 4.91. The van der Waals surface area contributed by atoms with Crippen molar-refractivity contribution in [2.45, 2.75) is 61.7 Å². The maximum atomic E-state index is 12.8. The number of amides is 1. The molecular formula is C19H23BrN2O4S2. The molecule has 152 valence electrons. The highest BCUT2D eigenvalue weighted by atomic mass is 79.9. The fraction of sp³-hybridized carbons (Fsp3) is 0.474. The van der Waals surface area contributed by atoms with Crippen LogP contribution < -0.4 is 5.73 Å². The normalized spacial score (nSPS) is 20.3. The maximum Gasteiger partial charge on any atom is 0.404 e. The van der Waals surface area contributed by atoms with Crippen LogP contribution in [-0.2, 0) is 14.6 Å². The second-order valence-corrected chi connectivity index (χ2v) is 11.7. The number of halogens is 1. The molecule has 28 heavy (non-hydrogen) atoms. The number of primary amides is 1. The van der Waals surface area contributed by atoms with Gasteiger partial charge in [-0.3, -0.25) is 0 Å². The zero-order chi connectivity index (χ0) is 20.5. The summed E-state index contributed by atoms with van der Waals surface area (Å²) in [4.78, 5) is 16.6. The molecule has 1 fully saturated rings. The fourth-order valence-corrected chi connectivity index (χ4v) is 6.37. The number of nitrogens with two attached hydrogens (primary N) is 1. The molecule has 1 aromatic carbocycles. The molecular weight excluding hydrogens is 464 g/mol. The van der Waals surface area contributed by atoms with Gasteiger partial charge in [-0.1, -0.05) is 22.0 Å². The smallest absolute Gasteiger partial charge is 0.404 e. The molecule has 0 radical (unpaired) electrons. The summed E-state index contributed by atoms with van der Waals surface area (Å²) in [6.07, 6.45) is 4.15. The highest BCUT2D eigenvalue weighted by molar-refractivity contribution is 9.10. The largest absolute Gasteiger partial charge is 0.446 e. The Kier molecular flexibility index (Phi) is 6.46. The molecule has 1 amide bonds. The lowest BCUT2D eigenvalue weighted by Gasteiger charge is -2.26. The molecule has 0 bridgehead atoms. The van der Waals surface area contributed by atoms with Gasteiger partial charge in [-0.15, -0.1) is 11.3 Å². The van der Waals surface area contributed by atoms with Crippen LogP contribution in [-0.4, -0.2) is 30.8 Å². The quantitative estimate of drug-likeness (QED) is 0.648. The summed E-state index contributed by atoms with van der Waals surface area (Å²) in [6.45, 7) is 3.37. The van der Waals surface area contributed by atoms with Crippen molar-refractivity contribution in [2.24, 2.45) is 5.73 Å². The lowest BCUT2D eigenvalue weighted by atomic mass is 9.88. The van der Waals surface area contributed by atoms with Crippen LogP contribution in [0.4, 0.5) is 4.79 Å². The lowest BCUT2D eigenvalue weighted by Crippen LogP contribution is -2.26. The molecule has 0 saturated heterocycles. The molecule has 1 aliphatic carbocycles. The van der Waals surface area contributed by atoms with Gasteiger partial charge in [0.05, 0.1) is 20.0 Å². The number of rotatable bonds is 5. The van der Waals surface area contributed by atoms with Gasteiger partial charge >= 0.3 is 6.09 Å². The third-order valence-electron chi connectivity index (χ3n) is 4.97. The molecule has 3 rings (SSSR count). The monoisotopic (exact) mass is 486 g/mol. The van der Waals surface area contributed by atoms with E-state index in [2.05, 4.69) is 20.9 Å². The van der Waals surface area contributed by atoms with Crippen molar-refractivity contribution >= 4 is 43.2 Å². The van der Waals surface area contributed by atoms with Crippen LogP contribution in [0.3, 0.4) is 0 Å². The average molecular weight is 487 g/mol. The van der Waals surface area contributed by atoms with Crippen LogP contribution in [0, 0.1) is 0 Å². The number of sulfone groups is 1. The van der Waals surface area contributed by atoms with E-state index in [1.54, 1.807) is 26.1 Å². The molecule has 0 aliphatic heterocycles. The molecule has 0 atom stereocenters. The van der Waals surface area contributed by atoms with Crippen molar-refractivity contribution < 1.29 is 17.9 Å². The van der Waals surface area contributed by atoms with Gasteiger partial charge < -0.3 is 10.5 Å². The Labute approximate surface area is 177 Å². The number of hydrogen-bond acceptors (Lipinski definition) is 6. The summed E-state index contributed by atoms with van der Waals surface area (Å²) in [5, 5.41) is 0.483. The molecule has 1 aliphatic rings. The van der Waals surface area contributed by atoms with Crippen LogP contribution >= 0.6 is 27.3 Å². The predicted octanol–water partition coefficient (Wildman–Crippen LogP) is 4.88. The van der Waals surface area contributed by atoms with Crippen molar-refractivity contribution in [3.63, 3.8) is 0 Å². The Morgan fingerprint density at radius 2 is 1.96 bits per heavy atom. The molecule has 1 heterocycles. The Morgan fingerprint density at radius 3 is 2.57 bits per heavy atom. The summed E-state index contributed by atoms with van der Waals surface area (Å²) in [5.41, 5.74) is 5.78. The third kappa shape index (κ3) is 4.58. The van der Waals surface area contributed by atoms with Crippen molar-refractivity contribution in [3.8, 4) is 10.4 Å². The van der Waals surface area contributed by atoms with E-state index in [0.717, 1.165) is 40.0 Å². The van der Waals surface area contributed by atoms with Crippen LogP contribution in [0.25, 0.3) is 10.4 Å². The van der Waals surface area contributed by atoms with Crippen molar-refractivity contribution in [2.75, 3.05) is 0 Å². The fourth-order valence-electron chi connectivity index (χ4n) is 3.38. The van der Waals surface area contributed by atoms with Gasteiger partial charge in [0.2, 0.25) is 0 Å². The first-order valence-electron chi connectivity index (χ1n) is 9.14. The van der Waals surface area contributed by atoms with E-state index < -0.39 is 21.2 Å². The number of nitrogens with zero attached hydrogens (tertiary/aromatic N) is 1. The van der Waals surface area contributed by atoms with E-state index in [9.17, 15) is 13.2 Å². The van der Waals surface area contributed by atoms with E-state index in [-0.39, 0.29) is 12.0 Å². The first-order chi connectivity index (χ1) is 13.2. The summed E-state index contributed by atoms with van der Waals surface area (Å²) < 4.78 is 31.5. The Balaban J connectivity index is 1.85. The number of carbonyl (C=O) groups excluding carboxylic acids is 1. The molecule has 6 nitrogen and oxygen atoms in total. The van der Waals surface area contributed by atoms with Gasteiger partial charge in [0, 0.05) is 22.2 Å². The first-order valence-corrected chi connectivity index (χ1v) is 12.3. The molecule has 1 aromatic heterocycles. The number of ether oxygens (including phenoxy) is 1. The minimum atomic E-state index is -3.42. The average Bonchev–Trinajstić information content (AvgIpc) is 3.11. The number of hydrogen-bond donors (Lipinski definition) is 1. The Morgan fingerprint density at radius 1 is 1.29 bits per heavy atom. The summed E-state index contributed by atoms with van der Waals surface area (Å²) in [5.74, 6) is 0.284. The summed E-state index contributed by atoms with van der Waals surface area (Å²) in [7, 11) is -3.42. The van der Waals surface area contributed by atoms with E-state index in [4.69, 9.17) is 10.5 Å². The highest BCUT2D eigenvalue weighted by Crippen LogP contribution is 2.40. The second kappa shape index (κ2) is 8.51. The summed E-state index contributed by atoms with van der Waals surface area (Å²) in [6, 6.07) is 5.34. The van der Waals surface area contributed by atoms with Crippen molar-refractivity contribution in [1.82, 2.24) is 4.98 Å². The minimum absolute atomic E-state index is 0.123. The molecule has 2 N–H and O–H groups in total. The number of carbonyl (C=O) groups is 1. The van der Waals surface area contributed by atoms with Crippen molar-refractivity contribution in [3.05, 3.63) is 33.9 Å². The SMILES string of the molecule is CC(C)S(=O)(=O)c1cc(Br)ccc1-c1cnc(C2CCC(OC(N)=O)CC2)s1. The van der Waals surface area contributed by atoms with Gasteiger partial charge in [0.25, 0.3) is 0 Å². The number of benzene rings is 1. The zero-order valence-corrected chi connectivity index (χ0v) is 18.9. The van der Waals surface area contributed by atoms with E-state index in [0.29, 0.717) is 10.5 Å². The molecule has 0 spiro atoms. The Hall–Kier alpha value is -1.45. The lowest BCUT2D eigenvalue weighted by molar-refractivity contribution is 0.0787. The zero-order valence-electron chi connectivity index (χ0n) is 15.7.